The van der Waals surface area contributed by atoms with Crippen molar-refractivity contribution in [3.63, 3.8) is 0 Å². The maximum absolute atomic E-state index is 2.43. The average molecular weight is 181 g/mol. The standard InChI is InChI=1S/C12H23N/c1-6-11(5)12(7-2)10-13(8-3)9-4/h6-7H,8-10H2,1-5H3/b11-6-,12-7-. The summed E-state index contributed by atoms with van der Waals surface area (Å²) in [6.07, 6.45) is 4.40. The van der Waals surface area contributed by atoms with E-state index in [1.165, 1.54) is 11.1 Å². The van der Waals surface area contributed by atoms with Gasteiger partial charge in [0.05, 0.1) is 0 Å². The quantitative estimate of drug-likeness (QED) is 0.589. The van der Waals surface area contributed by atoms with Gasteiger partial charge in [0.2, 0.25) is 0 Å². The molecule has 0 amide bonds. The van der Waals surface area contributed by atoms with Crippen molar-refractivity contribution >= 4 is 0 Å². The Morgan fingerprint density at radius 3 is 1.92 bits per heavy atom. The van der Waals surface area contributed by atoms with E-state index in [4.69, 9.17) is 0 Å². The Kier molecular flexibility index (Phi) is 6.61. The molecule has 13 heavy (non-hydrogen) atoms. The molecule has 0 N–H and O–H groups in total. The van der Waals surface area contributed by atoms with Crippen LogP contribution in [-0.2, 0) is 0 Å². The predicted molar refractivity (Wildman–Crippen MR) is 61.0 cm³/mol. The zero-order chi connectivity index (χ0) is 10.3. The summed E-state index contributed by atoms with van der Waals surface area (Å²) in [4.78, 5) is 2.43. The second-order valence-corrected chi connectivity index (χ2v) is 3.25. The lowest BCUT2D eigenvalue weighted by atomic mass is 10.1. The zero-order valence-electron chi connectivity index (χ0n) is 9.72. The molecule has 0 bridgehead atoms. The van der Waals surface area contributed by atoms with E-state index in [0.29, 0.717) is 0 Å². The van der Waals surface area contributed by atoms with Crippen LogP contribution in [0.3, 0.4) is 0 Å². The highest BCUT2D eigenvalue weighted by Gasteiger charge is 2.03. The Labute approximate surface area is 83.1 Å². The van der Waals surface area contributed by atoms with Crippen LogP contribution in [0.25, 0.3) is 0 Å². The van der Waals surface area contributed by atoms with Crippen molar-refractivity contribution < 1.29 is 0 Å². The molecule has 1 heteroatoms. The van der Waals surface area contributed by atoms with E-state index in [2.05, 4.69) is 51.7 Å². The van der Waals surface area contributed by atoms with E-state index in [-0.39, 0.29) is 0 Å². The number of nitrogens with zero attached hydrogens (tertiary/aromatic N) is 1. The summed E-state index contributed by atoms with van der Waals surface area (Å²) in [6.45, 7) is 14.2. The molecule has 0 aliphatic rings. The third-order valence-electron chi connectivity index (χ3n) is 2.58. The van der Waals surface area contributed by atoms with E-state index in [0.717, 1.165) is 19.6 Å². The van der Waals surface area contributed by atoms with Crippen LogP contribution < -0.4 is 0 Å². The Balaban J connectivity index is 4.30. The summed E-state index contributed by atoms with van der Waals surface area (Å²) < 4.78 is 0. The van der Waals surface area contributed by atoms with Crippen LogP contribution in [0, 0.1) is 0 Å². The topological polar surface area (TPSA) is 3.24 Å². The van der Waals surface area contributed by atoms with Crippen molar-refractivity contribution in [3.05, 3.63) is 23.3 Å². The molecule has 0 aliphatic carbocycles. The first-order valence-corrected chi connectivity index (χ1v) is 5.20. The number of likely N-dealkylation sites (N-methyl/N-ethyl adjacent to an activating group) is 1. The minimum absolute atomic E-state index is 1.08. The molecule has 0 radical (unpaired) electrons. The molecule has 0 spiro atoms. The van der Waals surface area contributed by atoms with Gasteiger partial charge < -0.3 is 0 Å². The number of rotatable bonds is 5. The first kappa shape index (κ1) is 12.4. The van der Waals surface area contributed by atoms with Crippen LogP contribution in [-0.4, -0.2) is 24.5 Å². The highest BCUT2D eigenvalue weighted by atomic mass is 15.1. The number of hydrogen-bond acceptors (Lipinski definition) is 1. The van der Waals surface area contributed by atoms with E-state index in [1.54, 1.807) is 0 Å². The van der Waals surface area contributed by atoms with Gasteiger partial charge in [-0.2, -0.15) is 0 Å². The van der Waals surface area contributed by atoms with Crippen LogP contribution >= 0.6 is 0 Å². The average Bonchev–Trinajstić information content (AvgIpc) is 2.19. The molecule has 0 heterocycles. The third-order valence-corrected chi connectivity index (χ3v) is 2.58. The highest BCUT2D eigenvalue weighted by Crippen LogP contribution is 2.10. The molecule has 0 saturated carbocycles. The lowest BCUT2D eigenvalue weighted by Crippen LogP contribution is -2.25. The van der Waals surface area contributed by atoms with Gasteiger partial charge in [-0.3, -0.25) is 4.90 Å². The van der Waals surface area contributed by atoms with E-state index < -0.39 is 0 Å². The van der Waals surface area contributed by atoms with E-state index >= 15 is 0 Å². The smallest absolute Gasteiger partial charge is 0.0232 e. The van der Waals surface area contributed by atoms with Crippen LogP contribution in [0.1, 0.15) is 34.6 Å². The zero-order valence-corrected chi connectivity index (χ0v) is 9.72. The SMILES string of the molecule is C/C=C(C)\C(=C/C)CN(CC)CC. The minimum Gasteiger partial charge on any atom is -0.300 e. The van der Waals surface area contributed by atoms with Gasteiger partial charge in [-0.05, 0) is 39.4 Å². The van der Waals surface area contributed by atoms with Gasteiger partial charge in [-0.25, -0.2) is 0 Å². The fraction of sp³-hybridized carbons (Fsp3) is 0.667. The summed E-state index contributed by atoms with van der Waals surface area (Å²) in [5, 5.41) is 0. The first-order chi connectivity index (χ1) is 6.19. The molecule has 0 saturated heterocycles. The predicted octanol–water partition coefficient (Wildman–Crippen LogP) is 3.24. The molecule has 76 valence electrons. The summed E-state index contributed by atoms with van der Waals surface area (Å²) in [5.74, 6) is 0. The first-order valence-electron chi connectivity index (χ1n) is 5.20. The largest absolute Gasteiger partial charge is 0.300 e. The second-order valence-electron chi connectivity index (χ2n) is 3.25. The number of allylic oxidation sites excluding steroid dienone is 2. The van der Waals surface area contributed by atoms with Gasteiger partial charge in [0.15, 0.2) is 0 Å². The van der Waals surface area contributed by atoms with Gasteiger partial charge in [0.25, 0.3) is 0 Å². The Morgan fingerprint density at radius 2 is 1.62 bits per heavy atom. The molecule has 0 fully saturated rings. The minimum atomic E-state index is 1.08. The summed E-state index contributed by atoms with van der Waals surface area (Å²) in [7, 11) is 0. The van der Waals surface area contributed by atoms with Crippen molar-refractivity contribution in [3.8, 4) is 0 Å². The lowest BCUT2D eigenvalue weighted by molar-refractivity contribution is 0.331. The lowest BCUT2D eigenvalue weighted by Gasteiger charge is -2.20. The van der Waals surface area contributed by atoms with E-state index in [1.807, 2.05) is 0 Å². The molecule has 0 aliphatic heterocycles. The van der Waals surface area contributed by atoms with Gasteiger partial charge in [-0.15, -0.1) is 0 Å². The van der Waals surface area contributed by atoms with Crippen LogP contribution in [0.4, 0.5) is 0 Å². The molecule has 0 unspecified atom stereocenters. The molecule has 0 atom stereocenters. The third kappa shape index (κ3) is 4.28. The van der Waals surface area contributed by atoms with Crippen LogP contribution in [0.5, 0.6) is 0 Å². The summed E-state index contributed by atoms with van der Waals surface area (Å²) in [5.41, 5.74) is 2.85. The van der Waals surface area contributed by atoms with Gasteiger partial charge in [0, 0.05) is 6.54 Å². The molecule has 0 aromatic rings. The van der Waals surface area contributed by atoms with Gasteiger partial charge >= 0.3 is 0 Å². The van der Waals surface area contributed by atoms with Gasteiger partial charge in [0.1, 0.15) is 0 Å². The van der Waals surface area contributed by atoms with Crippen LogP contribution in [0.2, 0.25) is 0 Å². The molecule has 0 rings (SSSR count). The van der Waals surface area contributed by atoms with E-state index in [9.17, 15) is 0 Å². The molecule has 0 aromatic heterocycles. The monoisotopic (exact) mass is 181 g/mol. The molecule has 1 nitrogen and oxygen atoms in total. The van der Waals surface area contributed by atoms with Crippen molar-refractivity contribution in [2.75, 3.05) is 19.6 Å². The Morgan fingerprint density at radius 1 is 1.08 bits per heavy atom. The van der Waals surface area contributed by atoms with Crippen molar-refractivity contribution in [2.24, 2.45) is 0 Å². The van der Waals surface area contributed by atoms with Gasteiger partial charge in [-0.1, -0.05) is 31.6 Å². The molecular formula is C12H23N. The van der Waals surface area contributed by atoms with Crippen LogP contribution in [0.15, 0.2) is 23.3 Å². The number of hydrogen-bond donors (Lipinski definition) is 0. The Hall–Kier alpha value is -0.560. The molecule has 0 aromatic carbocycles. The van der Waals surface area contributed by atoms with Crippen molar-refractivity contribution in [1.82, 2.24) is 4.90 Å². The maximum atomic E-state index is 2.43. The van der Waals surface area contributed by atoms with Crippen molar-refractivity contribution in [2.45, 2.75) is 34.6 Å². The summed E-state index contributed by atoms with van der Waals surface area (Å²) in [6, 6.07) is 0. The Bertz CT molecular complexity index is 185. The fourth-order valence-corrected chi connectivity index (χ4v) is 1.32. The van der Waals surface area contributed by atoms with Crippen molar-refractivity contribution in [1.29, 1.82) is 0 Å². The highest BCUT2D eigenvalue weighted by molar-refractivity contribution is 5.29. The molecular weight excluding hydrogens is 158 g/mol. The normalized spacial score (nSPS) is 14.0. The second kappa shape index (κ2) is 6.90. The maximum Gasteiger partial charge on any atom is 0.0232 e. The summed E-state index contributed by atoms with van der Waals surface area (Å²) >= 11 is 0. The fourth-order valence-electron chi connectivity index (χ4n) is 1.32.